The average Bonchev–Trinajstić information content (AvgIpc) is 2.53. The van der Waals surface area contributed by atoms with E-state index in [4.69, 9.17) is 9.84 Å². The molecular weight excluding hydrogens is 327 g/mol. The van der Waals surface area contributed by atoms with E-state index in [1.165, 1.54) is 23.1 Å². The first-order chi connectivity index (χ1) is 11.3. The lowest BCUT2D eigenvalue weighted by Gasteiger charge is -2.32. The second-order valence-electron chi connectivity index (χ2n) is 5.62. The van der Waals surface area contributed by atoms with E-state index in [0.29, 0.717) is 25.9 Å². The number of ether oxygens (including phenoxy) is 1. The third kappa shape index (κ3) is 4.95. The van der Waals surface area contributed by atoms with Crippen LogP contribution in [0.15, 0.2) is 24.3 Å². The molecule has 1 aliphatic rings. The Morgan fingerprint density at radius 1 is 1.21 bits per heavy atom. The van der Waals surface area contributed by atoms with Crippen molar-refractivity contribution < 1.29 is 32.6 Å². The van der Waals surface area contributed by atoms with Crippen molar-refractivity contribution in [2.45, 2.75) is 31.5 Å². The number of piperidine rings is 1. The number of nitrogens with zero attached hydrogens (tertiary/aromatic N) is 1. The molecule has 0 unspecified atom stereocenters. The highest BCUT2D eigenvalue weighted by molar-refractivity contribution is 5.79. The second-order valence-corrected chi connectivity index (χ2v) is 5.62. The summed E-state index contributed by atoms with van der Waals surface area (Å²) in [4.78, 5) is 24.2. The van der Waals surface area contributed by atoms with Gasteiger partial charge in [0.05, 0.1) is 18.1 Å². The van der Waals surface area contributed by atoms with Crippen molar-refractivity contribution in [1.29, 1.82) is 0 Å². The number of rotatable bonds is 5. The van der Waals surface area contributed by atoms with Crippen LogP contribution >= 0.6 is 0 Å². The van der Waals surface area contributed by atoms with Crippen LogP contribution in [0.25, 0.3) is 0 Å². The molecule has 8 heteroatoms. The number of aliphatic carboxylic acids is 1. The van der Waals surface area contributed by atoms with E-state index in [1.54, 1.807) is 0 Å². The zero-order valence-electron chi connectivity index (χ0n) is 12.9. The largest absolute Gasteiger partial charge is 0.480 e. The molecule has 1 aromatic carbocycles. The monoisotopic (exact) mass is 345 g/mol. The minimum absolute atomic E-state index is 0.0424. The topological polar surface area (TPSA) is 66.8 Å². The summed E-state index contributed by atoms with van der Waals surface area (Å²) in [6.07, 6.45) is -4.10. The van der Waals surface area contributed by atoms with Gasteiger partial charge in [-0.15, -0.1) is 0 Å². The number of likely N-dealkylation sites (tertiary alicyclic amines) is 1. The number of hydrogen-bond acceptors (Lipinski definition) is 3. The molecule has 0 atom stereocenters. The minimum atomic E-state index is -4.49. The van der Waals surface area contributed by atoms with Gasteiger partial charge in [-0.3, -0.25) is 4.79 Å². The Kier molecular flexibility index (Phi) is 5.82. The second kappa shape index (κ2) is 7.65. The van der Waals surface area contributed by atoms with Crippen molar-refractivity contribution in [2.24, 2.45) is 0 Å². The fourth-order valence-electron chi connectivity index (χ4n) is 2.69. The van der Waals surface area contributed by atoms with Gasteiger partial charge in [0, 0.05) is 13.1 Å². The molecule has 1 fully saturated rings. The summed E-state index contributed by atoms with van der Waals surface area (Å²) in [5, 5.41) is 8.56. The molecule has 1 saturated heterocycles. The van der Waals surface area contributed by atoms with Crippen LogP contribution in [-0.2, 0) is 26.9 Å². The van der Waals surface area contributed by atoms with E-state index in [-0.39, 0.29) is 24.0 Å². The number of amides is 1. The summed E-state index contributed by atoms with van der Waals surface area (Å²) in [6, 6.07) is 5.05. The van der Waals surface area contributed by atoms with Crippen LogP contribution in [0.1, 0.15) is 24.0 Å². The van der Waals surface area contributed by atoms with Crippen LogP contribution in [0.5, 0.6) is 0 Å². The molecule has 5 nitrogen and oxygen atoms in total. The molecule has 1 amide bonds. The Morgan fingerprint density at radius 2 is 1.83 bits per heavy atom. The van der Waals surface area contributed by atoms with Gasteiger partial charge in [-0.1, -0.05) is 18.2 Å². The number of alkyl halides is 3. The number of hydrogen-bond donors (Lipinski definition) is 1. The number of carboxylic acids is 1. The molecule has 0 bridgehead atoms. The predicted octanol–water partition coefficient (Wildman–Crippen LogP) is 2.34. The Morgan fingerprint density at radius 3 is 2.42 bits per heavy atom. The fraction of sp³-hybridized carbons (Fsp3) is 0.500. The molecule has 132 valence electrons. The minimum Gasteiger partial charge on any atom is -0.480 e. The summed E-state index contributed by atoms with van der Waals surface area (Å²) in [7, 11) is 0. The maximum absolute atomic E-state index is 13.0. The van der Waals surface area contributed by atoms with Crippen LogP contribution in [0.3, 0.4) is 0 Å². The molecule has 1 aliphatic heterocycles. The van der Waals surface area contributed by atoms with Crippen molar-refractivity contribution >= 4 is 11.9 Å². The highest BCUT2D eigenvalue weighted by atomic mass is 19.4. The first kappa shape index (κ1) is 18.3. The van der Waals surface area contributed by atoms with Crippen LogP contribution in [-0.4, -0.2) is 47.7 Å². The smallest absolute Gasteiger partial charge is 0.416 e. The van der Waals surface area contributed by atoms with Gasteiger partial charge >= 0.3 is 12.1 Å². The maximum Gasteiger partial charge on any atom is 0.416 e. The fourth-order valence-corrected chi connectivity index (χ4v) is 2.69. The third-order valence-electron chi connectivity index (χ3n) is 3.90. The van der Waals surface area contributed by atoms with Gasteiger partial charge in [0.15, 0.2) is 0 Å². The molecule has 0 saturated carbocycles. The van der Waals surface area contributed by atoms with Crippen LogP contribution in [0.2, 0.25) is 0 Å². The molecule has 1 N–H and O–H groups in total. The molecule has 0 aliphatic carbocycles. The number of benzene rings is 1. The lowest BCUT2D eigenvalue weighted by molar-refractivity contribution is -0.147. The molecule has 24 heavy (non-hydrogen) atoms. The molecule has 0 radical (unpaired) electrons. The van der Waals surface area contributed by atoms with Crippen molar-refractivity contribution in [2.75, 3.05) is 19.7 Å². The Labute approximate surface area is 137 Å². The number of carbonyl (C=O) groups is 2. The van der Waals surface area contributed by atoms with Gasteiger partial charge in [-0.2, -0.15) is 13.2 Å². The quantitative estimate of drug-likeness (QED) is 0.890. The van der Waals surface area contributed by atoms with Gasteiger partial charge in [0.1, 0.15) is 6.61 Å². The van der Waals surface area contributed by atoms with Crippen LogP contribution in [0.4, 0.5) is 13.2 Å². The predicted molar refractivity (Wildman–Crippen MR) is 78.3 cm³/mol. The van der Waals surface area contributed by atoms with Gasteiger partial charge in [-0.05, 0) is 24.5 Å². The summed E-state index contributed by atoms with van der Waals surface area (Å²) < 4.78 is 44.0. The zero-order chi connectivity index (χ0) is 17.7. The molecular formula is C16H18F3NO4. The van der Waals surface area contributed by atoms with Gasteiger partial charge < -0.3 is 14.7 Å². The first-order valence-electron chi connectivity index (χ1n) is 7.53. The van der Waals surface area contributed by atoms with Gasteiger partial charge in [0.2, 0.25) is 5.91 Å². The lowest BCUT2D eigenvalue weighted by atomic mass is 10.0. The zero-order valence-corrected chi connectivity index (χ0v) is 12.9. The van der Waals surface area contributed by atoms with Gasteiger partial charge in [0.25, 0.3) is 0 Å². The summed E-state index contributed by atoms with van der Waals surface area (Å²) in [6.45, 7) is 0.298. The maximum atomic E-state index is 13.0. The average molecular weight is 345 g/mol. The normalized spacial score (nSPS) is 16.2. The number of carbonyl (C=O) groups excluding carboxylic acids is 1. The summed E-state index contributed by atoms with van der Waals surface area (Å²) in [5.41, 5.74) is -0.836. The highest BCUT2D eigenvalue weighted by Crippen LogP contribution is 2.32. The Balaban J connectivity index is 1.92. The third-order valence-corrected chi connectivity index (χ3v) is 3.90. The SMILES string of the molecule is O=C(O)COC1CCN(C(=O)Cc2ccccc2C(F)(F)F)CC1. The van der Waals surface area contributed by atoms with Crippen molar-refractivity contribution in [3.63, 3.8) is 0 Å². The summed E-state index contributed by atoms with van der Waals surface area (Å²) in [5.74, 6) is -1.43. The molecule has 1 aromatic rings. The van der Waals surface area contributed by atoms with Crippen LogP contribution < -0.4 is 0 Å². The van der Waals surface area contributed by atoms with Crippen molar-refractivity contribution in [1.82, 2.24) is 4.90 Å². The summed E-state index contributed by atoms with van der Waals surface area (Å²) >= 11 is 0. The number of carboxylic acid groups (broad SMARTS) is 1. The van der Waals surface area contributed by atoms with Gasteiger partial charge in [-0.25, -0.2) is 4.79 Å². The van der Waals surface area contributed by atoms with Crippen molar-refractivity contribution in [3.8, 4) is 0 Å². The molecule has 2 rings (SSSR count). The van der Waals surface area contributed by atoms with Crippen molar-refractivity contribution in [3.05, 3.63) is 35.4 Å². The lowest BCUT2D eigenvalue weighted by Crippen LogP contribution is -2.42. The standard InChI is InChI=1S/C16H18F3NO4/c17-16(18,19)13-4-2-1-3-11(13)9-14(21)20-7-5-12(6-8-20)24-10-15(22)23/h1-4,12H,5-10H2,(H,22,23). The van der Waals surface area contributed by atoms with E-state index >= 15 is 0 Å². The van der Waals surface area contributed by atoms with E-state index in [1.807, 2.05) is 0 Å². The van der Waals surface area contributed by atoms with E-state index in [2.05, 4.69) is 0 Å². The molecule has 1 heterocycles. The van der Waals surface area contributed by atoms with Crippen LogP contribution in [0, 0.1) is 0 Å². The van der Waals surface area contributed by atoms with E-state index in [0.717, 1.165) is 6.07 Å². The number of halogens is 3. The Bertz CT molecular complexity index is 595. The molecule has 0 aromatic heterocycles. The Hall–Kier alpha value is -2.09. The van der Waals surface area contributed by atoms with E-state index < -0.39 is 24.3 Å². The first-order valence-corrected chi connectivity index (χ1v) is 7.53. The van der Waals surface area contributed by atoms with E-state index in [9.17, 15) is 22.8 Å². The molecule has 0 spiro atoms. The highest BCUT2D eigenvalue weighted by Gasteiger charge is 2.34.